The lowest BCUT2D eigenvalue weighted by Crippen LogP contribution is -2.71. The normalized spacial score (nSPS) is 30.1. The van der Waals surface area contributed by atoms with Crippen LogP contribution in [0.3, 0.4) is 0 Å². The van der Waals surface area contributed by atoms with Gasteiger partial charge in [0.2, 0.25) is 11.7 Å². The predicted molar refractivity (Wildman–Crippen MR) is 209 cm³/mol. The molecule has 1 aromatic heterocycles. The van der Waals surface area contributed by atoms with Crippen molar-refractivity contribution < 1.29 is 43.3 Å². The van der Waals surface area contributed by atoms with Crippen molar-refractivity contribution in [1.29, 1.82) is 0 Å². The molecule has 8 atom stereocenters. The van der Waals surface area contributed by atoms with Crippen LogP contribution in [-0.2, 0) is 44.6 Å². The van der Waals surface area contributed by atoms with Crippen molar-refractivity contribution in [3.8, 4) is 0 Å². The molecule has 1 spiro atoms. The number of aromatic nitrogens is 1. The number of ketones is 2. The first kappa shape index (κ1) is 38.8. The summed E-state index contributed by atoms with van der Waals surface area (Å²) < 4.78 is 16.8. The Morgan fingerprint density at radius 1 is 1.04 bits per heavy atom. The maximum absolute atomic E-state index is 13.8. The monoisotopic (exact) mass is 775 g/mol. The fourth-order valence-corrected chi connectivity index (χ4v) is 10.9. The summed E-state index contributed by atoms with van der Waals surface area (Å²) >= 11 is 0. The number of esters is 2. The minimum atomic E-state index is -1.09. The number of aliphatic hydroxyl groups is 1. The Morgan fingerprint density at radius 3 is 2.58 bits per heavy atom. The number of ether oxygens (including phenoxy) is 3. The molecular weight excluding hydrogens is 727 g/mol. The van der Waals surface area contributed by atoms with Gasteiger partial charge in [-0.05, 0) is 90.8 Å². The topological polar surface area (TPSA) is 184 Å². The zero-order chi connectivity index (χ0) is 40.0. The SMILES string of the molecule is C[C@]12C=CC(=O)C=C1CC[C@@H]1[C@@H]2[C@@H](O)C[C@]23CO[C@]2(C(=O)COC(=O)CCC(=O)OCCc2ccc(C(CN)C(=O)Nc4ccc5cnccc5c4)cc2)CC[C@@H]13. The van der Waals surface area contributed by atoms with Crippen LogP contribution in [0, 0.1) is 28.6 Å². The molecule has 4 N–H and O–H groups in total. The first-order valence-electron chi connectivity index (χ1n) is 20.0. The number of fused-ring (bicyclic) bond motifs is 5. The second kappa shape index (κ2) is 15.4. The summed E-state index contributed by atoms with van der Waals surface area (Å²) in [6.45, 7) is 2.28. The Kier molecular flexibility index (Phi) is 10.5. The number of amides is 1. The van der Waals surface area contributed by atoms with Gasteiger partial charge < -0.3 is 30.4 Å². The molecular formula is C45H49N3O9. The van der Waals surface area contributed by atoms with Crippen LogP contribution in [0.25, 0.3) is 10.8 Å². The van der Waals surface area contributed by atoms with E-state index in [0.29, 0.717) is 31.6 Å². The number of nitrogens with zero attached hydrogens (tertiary/aromatic N) is 1. The fraction of sp³-hybridized carbons (Fsp3) is 0.467. The molecule has 57 heavy (non-hydrogen) atoms. The Bertz CT molecular complexity index is 2170. The number of allylic oxidation sites excluding steroid dienone is 4. The van der Waals surface area contributed by atoms with E-state index >= 15 is 0 Å². The number of hydrogen-bond acceptors (Lipinski definition) is 11. The number of pyridine rings is 1. The highest BCUT2D eigenvalue weighted by Crippen LogP contribution is 2.71. The zero-order valence-electron chi connectivity index (χ0n) is 32.1. The Labute approximate surface area is 331 Å². The molecule has 1 aliphatic heterocycles. The van der Waals surface area contributed by atoms with Crippen LogP contribution in [0.1, 0.15) is 68.9 Å². The molecule has 1 saturated heterocycles. The first-order chi connectivity index (χ1) is 27.5. The summed E-state index contributed by atoms with van der Waals surface area (Å²) in [4.78, 5) is 68.2. The Morgan fingerprint density at radius 2 is 1.82 bits per heavy atom. The van der Waals surface area contributed by atoms with Gasteiger partial charge in [0.15, 0.2) is 12.4 Å². The first-order valence-corrected chi connectivity index (χ1v) is 20.0. The molecule has 5 aliphatic rings. The van der Waals surface area contributed by atoms with Crippen LogP contribution in [0.4, 0.5) is 5.69 Å². The highest BCUT2D eigenvalue weighted by Gasteiger charge is 2.76. The molecule has 2 heterocycles. The van der Waals surface area contributed by atoms with Crippen LogP contribution in [0.15, 0.2) is 84.7 Å². The molecule has 0 bridgehead atoms. The molecule has 1 amide bonds. The van der Waals surface area contributed by atoms with E-state index in [1.807, 2.05) is 54.6 Å². The number of anilines is 1. The van der Waals surface area contributed by atoms with Crippen LogP contribution < -0.4 is 11.1 Å². The second-order valence-electron chi connectivity index (χ2n) is 16.6. The quantitative estimate of drug-likeness (QED) is 0.200. The molecule has 0 radical (unpaired) electrons. The molecule has 1 unspecified atom stereocenters. The van der Waals surface area contributed by atoms with Gasteiger partial charge in [0.1, 0.15) is 5.60 Å². The van der Waals surface area contributed by atoms with Crippen molar-refractivity contribution in [2.24, 2.45) is 34.3 Å². The average Bonchev–Trinajstić information content (AvgIpc) is 3.42. The van der Waals surface area contributed by atoms with Crippen molar-refractivity contribution in [2.75, 3.05) is 31.7 Å². The lowest BCUT2D eigenvalue weighted by atomic mass is 9.45. The minimum absolute atomic E-state index is 0.0100. The summed E-state index contributed by atoms with van der Waals surface area (Å²) in [5.41, 5.74) is 7.41. The molecule has 2 aromatic carbocycles. The second-order valence-corrected chi connectivity index (χ2v) is 16.6. The number of rotatable bonds is 13. The van der Waals surface area contributed by atoms with Gasteiger partial charge in [-0.2, -0.15) is 0 Å². The Balaban J connectivity index is 0.773. The summed E-state index contributed by atoms with van der Waals surface area (Å²) in [7, 11) is 0. The van der Waals surface area contributed by atoms with E-state index < -0.39 is 47.0 Å². The van der Waals surface area contributed by atoms with Crippen LogP contribution in [-0.4, -0.2) is 77.6 Å². The maximum Gasteiger partial charge on any atom is 0.306 e. The van der Waals surface area contributed by atoms with Crippen molar-refractivity contribution in [3.63, 3.8) is 0 Å². The third-order valence-corrected chi connectivity index (χ3v) is 13.7. The fourth-order valence-electron chi connectivity index (χ4n) is 10.9. The van der Waals surface area contributed by atoms with Crippen LogP contribution >= 0.6 is 0 Å². The summed E-state index contributed by atoms with van der Waals surface area (Å²) in [6, 6.07) is 14.9. The minimum Gasteiger partial charge on any atom is -0.465 e. The van der Waals surface area contributed by atoms with Crippen molar-refractivity contribution in [1.82, 2.24) is 4.98 Å². The van der Waals surface area contributed by atoms with Crippen molar-refractivity contribution in [2.45, 2.75) is 75.9 Å². The summed E-state index contributed by atoms with van der Waals surface area (Å²) in [5.74, 6) is -1.98. The number of carbonyl (C=O) groups excluding carboxylic acids is 5. The van der Waals surface area contributed by atoms with Crippen molar-refractivity contribution >= 4 is 45.9 Å². The Hall–Kier alpha value is -5.04. The maximum atomic E-state index is 13.8. The number of Topliss-reactive ketones (excluding diaryl/α,β-unsaturated/α-hetero) is 1. The third-order valence-electron chi connectivity index (χ3n) is 13.7. The van der Waals surface area contributed by atoms with E-state index in [1.165, 1.54) is 0 Å². The largest absolute Gasteiger partial charge is 0.465 e. The number of nitrogens with two attached hydrogens (primary N) is 1. The van der Waals surface area contributed by atoms with Gasteiger partial charge in [-0.25, -0.2) is 0 Å². The van der Waals surface area contributed by atoms with Crippen LogP contribution in [0.2, 0.25) is 0 Å². The van der Waals surface area contributed by atoms with E-state index in [1.54, 1.807) is 24.5 Å². The smallest absolute Gasteiger partial charge is 0.306 e. The lowest BCUT2D eigenvalue weighted by molar-refractivity contribution is -0.287. The highest BCUT2D eigenvalue weighted by atomic mass is 16.6. The zero-order valence-corrected chi connectivity index (χ0v) is 32.1. The van der Waals surface area contributed by atoms with E-state index in [4.69, 9.17) is 19.9 Å². The van der Waals surface area contributed by atoms with Crippen molar-refractivity contribution in [3.05, 3.63) is 95.9 Å². The van der Waals surface area contributed by atoms with Gasteiger partial charge in [-0.15, -0.1) is 0 Å². The van der Waals surface area contributed by atoms with Gasteiger partial charge in [0, 0.05) is 53.2 Å². The van der Waals surface area contributed by atoms with Gasteiger partial charge in [-0.3, -0.25) is 29.0 Å². The van der Waals surface area contributed by atoms with Gasteiger partial charge in [0.05, 0.1) is 38.1 Å². The van der Waals surface area contributed by atoms with Gasteiger partial charge in [-0.1, -0.05) is 48.9 Å². The predicted octanol–water partition coefficient (Wildman–Crippen LogP) is 4.92. The molecule has 8 rings (SSSR count). The van der Waals surface area contributed by atoms with E-state index in [2.05, 4.69) is 17.2 Å². The molecule has 298 valence electrons. The van der Waals surface area contributed by atoms with E-state index in [9.17, 15) is 29.1 Å². The standard InChI is InChI=1S/C45H49N3O9/c1-43-16-12-33(49)21-31(43)7-9-34-36-13-17-45(44(36,26-57-45)22-37(50)41(34)43)38(51)25-56-40(53)11-10-39(52)55-19-15-27-2-4-28(5-3-27)35(23-46)42(54)48-32-8-6-30-24-47-18-14-29(30)20-32/h2-6,8,12,14,16,18,20-21,24,34-37,41,50H,7,9-11,13,15,17,19,22-23,25-26,46H2,1H3,(H,48,54)/t34-,35?,36-,37-,41+,43-,44+,45-/m0/s1. The molecule has 4 fully saturated rings. The molecule has 4 aliphatic carbocycles. The third kappa shape index (κ3) is 6.91. The molecule has 12 nitrogen and oxygen atoms in total. The van der Waals surface area contributed by atoms with Crippen LogP contribution in [0.5, 0.6) is 0 Å². The number of aliphatic hydroxyl groups excluding tert-OH is 1. The molecule has 3 saturated carbocycles. The number of hydrogen-bond donors (Lipinski definition) is 3. The number of nitrogens with one attached hydrogen (secondary N) is 1. The summed E-state index contributed by atoms with van der Waals surface area (Å²) in [5, 5.41) is 16.6. The average molecular weight is 776 g/mol. The molecule has 12 heteroatoms. The van der Waals surface area contributed by atoms with Gasteiger partial charge >= 0.3 is 11.9 Å². The number of carbonyl (C=O) groups is 5. The number of benzene rings is 2. The van der Waals surface area contributed by atoms with E-state index in [0.717, 1.165) is 46.7 Å². The highest BCUT2D eigenvalue weighted by molar-refractivity contribution is 6.01. The van der Waals surface area contributed by atoms with Gasteiger partial charge in [0.25, 0.3) is 0 Å². The lowest BCUT2D eigenvalue weighted by Gasteiger charge is -2.65. The van der Waals surface area contributed by atoms with E-state index in [-0.39, 0.29) is 61.2 Å². The summed E-state index contributed by atoms with van der Waals surface area (Å²) in [6.07, 6.45) is 11.5. The molecule has 3 aromatic rings.